The lowest BCUT2D eigenvalue weighted by Crippen LogP contribution is -2.36. The predicted molar refractivity (Wildman–Crippen MR) is 74.9 cm³/mol. The van der Waals surface area contributed by atoms with Crippen LogP contribution >= 0.6 is 11.3 Å². The Bertz CT molecular complexity index is 346. The van der Waals surface area contributed by atoms with E-state index in [4.69, 9.17) is 0 Å². The highest BCUT2D eigenvalue weighted by Crippen LogP contribution is 2.32. The minimum Gasteiger partial charge on any atom is -0.348 e. The monoisotopic (exact) mass is 253 g/mol. The van der Waals surface area contributed by atoms with Crippen molar-refractivity contribution in [3.05, 3.63) is 11.1 Å². The highest BCUT2D eigenvalue weighted by molar-refractivity contribution is 7.15. The summed E-state index contributed by atoms with van der Waals surface area (Å²) < 4.78 is 0. The van der Waals surface area contributed by atoms with Gasteiger partial charge in [0, 0.05) is 30.2 Å². The van der Waals surface area contributed by atoms with Gasteiger partial charge >= 0.3 is 0 Å². The van der Waals surface area contributed by atoms with Crippen LogP contribution in [0.4, 0.5) is 5.13 Å². The van der Waals surface area contributed by atoms with E-state index >= 15 is 0 Å². The summed E-state index contributed by atoms with van der Waals surface area (Å²) in [6, 6.07) is 1.16. The molecule has 2 rings (SSSR count). The smallest absolute Gasteiger partial charge is 0.185 e. The molecule has 0 saturated heterocycles. The Morgan fingerprint density at radius 1 is 1.59 bits per heavy atom. The summed E-state index contributed by atoms with van der Waals surface area (Å²) in [4.78, 5) is 8.25. The third-order valence-electron chi connectivity index (χ3n) is 3.56. The lowest BCUT2D eigenvalue weighted by molar-refractivity contribution is 0.401. The molecule has 1 N–H and O–H groups in total. The van der Waals surface area contributed by atoms with Crippen LogP contribution in [0.3, 0.4) is 0 Å². The molecule has 0 radical (unpaired) electrons. The molecule has 0 aromatic carbocycles. The highest BCUT2D eigenvalue weighted by atomic mass is 32.1. The SMILES string of the molecule is CCCNC(C)c1cnc(N(C)C2CCC2)s1. The van der Waals surface area contributed by atoms with Gasteiger partial charge in [-0.05, 0) is 39.2 Å². The Labute approximate surface area is 108 Å². The molecule has 0 spiro atoms. The normalized spacial score (nSPS) is 17.8. The molecule has 1 atom stereocenters. The van der Waals surface area contributed by atoms with Crippen LogP contribution in [0.25, 0.3) is 0 Å². The zero-order valence-corrected chi connectivity index (χ0v) is 11.9. The molecule has 1 saturated carbocycles. The summed E-state index contributed by atoms with van der Waals surface area (Å²) in [6.45, 7) is 5.49. The van der Waals surface area contributed by atoms with Gasteiger partial charge in [-0.25, -0.2) is 4.98 Å². The number of nitrogens with one attached hydrogen (secondary N) is 1. The van der Waals surface area contributed by atoms with Crippen molar-refractivity contribution >= 4 is 16.5 Å². The second-order valence-corrected chi connectivity index (χ2v) is 5.96. The Morgan fingerprint density at radius 3 is 2.94 bits per heavy atom. The van der Waals surface area contributed by atoms with Crippen molar-refractivity contribution in [1.29, 1.82) is 0 Å². The topological polar surface area (TPSA) is 28.2 Å². The van der Waals surface area contributed by atoms with Crippen molar-refractivity contribution in [3.63, 3.8) is 0 Å². The molecule has 0 amide bonds. The lowest BCUT2D eigenvalue weighted by atomic mass is 9.92. The number of rotatable bonds is 6. The second-order valence-electron chi connectivity index (χ2n) is 4.92. The van der Waals surface area contributed by atoms with Crippen LogP contribution in [0.2, 0.25) is 0 Å². The fourth-order valence-electron chi connectivity index (χ4n) is 2.03. The van der Waals surface area contributed by atoms with E-state index in [9.17, 15) is 0 Å². The number of thiazole rings is 1. The van der Waals surface area contributed by atoms with Crippen molar-refractivity contribution in [2.24, 2.45) is 0 Å². The summed E-state index contributed by atoms with van der Waals surface area (Å²) in [6.07, 6.45) is 7.24. The van der Waals surface area contributed by atoms with E-state index < -0.39 is 0 Å². The zero-order chi connectivity index (χ0) is 12.3. The molecule has 3 nitrogen and oxygen atoms in total. The van der Waals surface area contributed by atoms with Crippen LogP contribution in [0.15, 0.2) is 6.20 Å². The van der Waals surface area contributed by atoms with Gasteiger partial charge in [0.05, 0.1) is 0 Å². The Morgan fingerprint density at radius 2 is 2.35 bits per heavy atom. The molecule has 1 aromatic rings. The Balaban J connectivity index is 1.94. The summed E-state index contributed by atoms with van der Waals surface area (Å²) in [5.41, 5.74) is 0. The summed E-state index contributed by atoms with van der Waals surface area (Å²) in [7, 11) is 2.18. The molecule has 1 fully saturated rings. The highest BCUT2D eigenvalue weighted by Gasteiger charge is 2.24. The largest absolute Gasteiger partial charge is 0.348 e. The Kier molecular flexibility index (Phi) is 4.40. The van der Waals surface area contributed by atoms with E-state index in [2.05, 4.69) is 36.1 Å². The zero-order valence-electron chi connectivity index (χ0n) is 11.1. The van der Waals surface area contributed by atoms with Gasteiger partial charge in [-0.2, -0.15) is 0 Å². The molecule has 4 heteroatoms. The van der Waals surface area contributed by atoms with E-state index in [-0.39, 0.29) is 0 Å². The van der Waals surface area contributed by atoms with Crippen LogP contribution in [-0.2, 0) is 0 Å². The molecule has 17 heavy (non-hydrogen) atoms. The predicted octanol–water partition coefficient (Wildman–Crippen LogP) is 3.19. The fraction of sp³-hybridized carbons (Fsp3) is 0.769. The van der Waals surface area contributed by atoms with Gasteiger partial charge in [0.25, 0.3) is 0 Å². The quantitative estimate of drug-likeness (QED) is 0.844. The van der Waals surface area contributed by atoms with Crippen LogP contribution in [0.1, 0.15) is 50.4 Å². The van der Waals surface area contributed by atoms with Gasteiger partial charge < -0.3 is 10.2 Å². The Hall–Kier alpha value is -0.610. The molecule has 1 unspecified atom stereocenters. The van der Waals surface area contributed by atoms with Gasteiger partial charge in [-0.15, -0.1) is 11.3 Å². The second kappa shape index (κ2) is 5.83. The van der Waals surface area contributed by atoms with E-state index in [0.717, 1.165) is 12.6 Å². The number of anilines is 1. The summed E-state index contributed by atoms with van der Waals surface area (Å²) >= 11 is 1.83. The first-order valence-corrected chi connectivity index (χ1v) is 7.46. The van der Waals surface area contributed by atoms with E-state index in [1.807, 2.05) is 17.5 Å². The first-order valence-electron chi connectivity index (χ1n) is 6.64. The first-order chi connectivity index (χ1) is 8.22. The van der Waals surface area contributed by atoms with Gasteiger partial charge in [0.15, 0.2) is 5.13 Å². The maximum absolute atomic E-state index is 4.55. The molecule has 1 aliphatic rings. The van der Waals surface area contributed by atoms with Crippen molar-refractivity contribution < 1.29 is 0 Å². The maximum atomic E-state index is 4.55. The molecular weight excluding hydrogens is 230 g/mol. The number of nitrogens with zero attached hydrogens (tertiary/aromatic N) is 2. The standard InChI is InChI=1S/C13H23N3S/c1-4-8-14-10(2)12-9-15-13(17-12)16(3)11-6-5-7-11/h9-11,14H,4-8H2,1-3H3. The molecule has 0 aliphatic heterocycles. The van der Waals surface area contributed by atoms with Gasteiger partial charge in [-0.3, -0.25) is 0 Å². The average Bonchev–Trinajstić information content (AvgIpc) is 2.72. The van der Waals surface area contributed by atoms with E-state index in [1.54, 1.807) is 0 Å². The molecule has 1 aromatic heterocycles. The van der Waals surface area contributed by atoms with Gasteiger partial charge in [0.2, 0.25) is 0 Å². The molecule has 1 aliphatic carbocycles. The molecule has 96 valence electrons. The number of aromatic nitrogens is 1. The van der Waals surface area contributed by atoms with Gasteiger partial charge in [-0.1, -0.05) is 6.92 Å². The molecular formula is C13H23N3S. The molecule has 0 bridgehead atoms. The summed E-state index contributed by atoms with van der Waals surface area (Å²) in [5, 5.41) is 4.69. The van der Waals surface area contributed by atoms with Crippen molar-refractivity contribution in [2.45, 2.75) is 51.6 Å². The molecule has 1 heterocycles. The van der Waals surface area contributed by atoms with E-state index in [1.165, 1.54) is 35.7 Å². The minimum atomic E-state index is 0.427. The number of hydrogen-bond acceptors (Lipinski definition) is 4. The first kappa shape index (κ1) is 12.8. The lowest BCUT2D eigenvalue weighted by Gasteiger charge is -2.34. The number of hydrogen-bond donors (Lipinski definition) is 1. The van der Waals surface area contributed by atoms with Gasteiger partial charge in [0.1, 0.15) is 0 Å². The minimum absolute atomic E-state index is 0.427. The van der Waals surface area contributed by atoms with Crippen LogP contribution in [0.5, 0.6) is 0 Å². The average molecular weight is 253 g/mol. The van der Waals surface area contributed by atoms with Crippen LogP contribution < -0.4 is 10.2 Å². The van der Waals surface area contributed by atoms with Crippen molar-refractivity contribution in [3.8, 4) is 0 Å². The third-order valence-corrected chi connectivity index (χ3v) is 4.83. The fourth-order valence-corrected chi connectivity index (χ4v) is 3.01. The summed E-state index contributed by atoms with van der Waals surface area (Å²) in [5.74, 6) is 0. The van der Waals surface area contributed by atoms with Crippen molar-refractivity contribution in [1.82, 2.24) is 10.3 Å². The van der Waals surface area contributed by atoms with Crippen molar-refractivity contribution in [2.75, 3.05) is 18.5 Å². The van der Waals surface area contributed by atoms with E-state index in [0.29, 0.717) is 6.04 Å². The maximum Gasteiger partial charge on any atom is 0.185 e. The van der Waals surface area contributed by atoms with Crippen LogP contribution in [-0.4, -0.2) is 24.6 Å². The third kappa shape index (κ3) is 2.99. The van der Waals surface area contributed by atoms with Crippen LogP contribution in [0, 0.1) is 0 Å².